The zero-order chi connectivity index (χ0) is 15.8. The lowest BCUT2D eigenvalue weighted by atomic mass is 10.0. The molecule has 4 heterocycles. The molecule has 1 aliphatic heterocycles. The summed E-state index contributed by atoms with van der Waals surface area (Å²) in [6.45, 7) is 3.59. The van der Waals surface area contributed by atoms with E-state index in [1.165, 1.54) is 0 Å². The van der Waals surface area contributed by atoms with Gasteiger partial charge in [-0.1, -0.05) is 6.07 Å². The van der Waals surface area contributed by atoms with Gasteiger partial charge in [-0.3, -0.25) is 4.79 Å². The Kier molecular flexibility index (Phi) is 3.41. The number of pyridine rings is 1. The van der Waals surface area contributed by atoms with Crippen molar-refractivity contribution in [2.75, 3.05) is 13.1 Å². The molecule has 0 unspecified atom stereocenters. The van der Waals surface area contributed by atoms with Gasteiger partial charge in [0.15, 0.2) is 0 Å². The number of aromatic nitrogens is 3. The average Bonchev–Trinajstić information content (AvgIpc) is 3.24. The Morgan fingerprint density at radius 1 is 1.13 bits per heavy atom. The Morgan fingerprint density at radius 3 is 2.57 bits per heavy atom. The molecule has 5 heteroatoms. The van der Waals surface area contributed by atoms with Crippen molar-refractivity contribution in [1.82, 2.24) is 18.9 Å². The van der Waals surface area contributed by atoms with Crippen molar-refractivity contribution in [3.8, 4) is 0 Å². The van der Waals surface area contributed by atoms with Gasteiger partial charge in [-0.15, -0.1) is 0 Å². The summed E-state index contributed by atoms with van der Waals surface area (Å²) in [5.41, 5.74) is 2.45. The molecule has 23 heavy (non-hydrogen) atoms. The van der Waals surface area contributed by atoms with E-state index in [-0.39, 0.29) is 5.91 Å². The number of amides is 1. The van der Waals surface area contributed by atoms with Crippen LogP contribution < -0.4 is 0 Å². The van der Waals surface area contributed by atoms with Gasteiger partial charge in [-0.25, -0.2) is 4.98 Å². The molecule has 1 fully saturated rings. The summed E-state index contributed by atoms with van der Waals surface area (Å²) in [6, 6.07) is 10.5. The first-order valence-electron chi connectivity index (χ1n) is 8.09. The first kappa shape index (κ1) is 14.1. The molecular weight excluding hydrogens is 288 g/mol. The predicted molar refractivity (Wildman–Crippen MR) is 88.5 cm³/mol. The van der Waals surface area contributed by atoms with E-state index in [4.69, 9.17) is 0 Å². The van der Waals surface area contributed by atoms with Crippen molar-refractivity contribution in [2.24, 2.45) is 0 Å². The van der Waals surface area contributed by atoms with Gasteiger partial charge in [0, 0.05) is 43.4 Å². The van der Waals surface area contributed by atoms with Gasteiger partial charge in [-0.05, 0) is 44.0 Å². The number of rotatable bonds is 2. The largest absolute Gasteiger partial charge is 0.351 e. The molecule has 0 bridgehead atoms. The van der Waals surface area contributed by atoms with Gasteiger partial charge in [0.25, 0.3) is 5.91 Å². The molecule has 118 valence electrons. The number of carbonyl (C=O) groups is 1. The predicted octanol–water partition coefficient (Wildman–Crippen LogP) is 2.92. The zero-order valence-corrected chi connectivity index (χ0v) is 13.2. The van der Waals surface area contributed by atoms with Crippen LogP contribution in [0.1, 0.15) is 35.1 Å². The Bertz CT molecular complexity index is 826. The Balaban J connectivity index is 1.50. The van der Waals surface area contributed by atoms with Crippen LogP contribution in [0.3, 0.4) is 0 Å². The molecular formula is C18H20N4O. The normalized spacial score (nSPS) is 16.1. The van der Waals surface area contributed by atoms with Crippen LogP contribution >= 0.6 is 0 Å². The van der Waals surface area contributed by atoms with E-state index in [0.29, 0.717) is 11.7 Å². The number of likely N-dealkylation sites (tertiary alicyclic amines) is 1. The van der Waals surface area contributed by atoms with Gasteiger partial charge in [0.05, 0.1) is 0 Å². The number of hydrogen-bond acceptors (Lipinski definition) is 2. The second kappa shape index (κ2) is 5.57. The zero-order valence-electron chi connectivity index (χ0n) is 13.2. The maximum atomic E-state index is 12.7. The summed E-state index contributed by atoms with van der Waals surface area (Å²) < 4.78 is 4.22. The third-order valence-electron chi connectivity index (χ3n) is 4.72. The van der Waals surface area contributed by atoms with Gasteiger partial charge < -0.3 is 13.9 Å². The topological polar surface area (TPSA) is 42.5 Å². The minimum atomic E-state index is 0.0408. The molecule has 1 aliphatic rings. The van der Waals surface area contributed by atoms with E-state index in [0.717, 1.165) is 37.3 Å². The highest BCUT2D eigenvalue weighted by molar-refractivity contribution is 5.93. The molecule has 4 rings (SSSR count). The number of carbonyl (C=O) groups excluding carboxylic acids is 1. The molecule has 0 N–H and O–H groups in total. The Labute approximate surface area is 135 Å². The van der Waals surface area contributed by atoms with Crippen molar-refractivity contribution < 1.29 is 4.79 Å². The molecule has 5 nitrogen and oxygen atoms in total. The summed E-state index contributed by atoms with van der Waals surface area (Å²) >= 11 is 0. The van der Waals surface area contributed by atoms with Crippen molar-refractivity contribution in [3.63, 3.8) is 0 Å². The highest BCUT2D eigenvalue weighted by Crippen LogP contribution is 2.23. The Morgan fingerprint density at radius 2 is 1.87 bits per heavy atom. The fraction of sp³-hybridized carbons (Fsp3) is 0.333. The lowest BCUT2D eigenvalue weighted by Crippen LogP contribution is -2.39. The fourth-order valence-electron chi connectivity index (χ4n) is 3.37. The number of aryl methyl sites for hydroxylation is 1. The van der Waals surface area contributed by atoms with Crippen LogP contribution in [0.15, 0.2) is 48.9 Å². The summed E-state index contributed by atoms with van der Waals surface area (Å²) in [4.78, 5) is 19.1. The first-order valence-corrected chi connectivity index (χ1v) is 8.09. The first-order chi connectivity index (χ1) is 11.2. The van der Waals surface area contributed by atoms with Crippen LogP contribution in [0.25, 0.3) is 5.65 Å². The lowest BCUT2D eigenvalue weighted by molar-refractivity contribution is 0.0689. The number of piperidine rings is 1. The van der Waals surface area contributed by atoms with Crippen LogP contribution in [0, 0.1) is 6.92 Å². The second-order valence-corrected chi connectivity index (χ2v) is 6.18. The molecule has 0 saturated carbocycles. The van der Waals surface area contributed by atoms with Crippen molar-refractivity contribution in [2.45, 2.75) is 25.8 Å². The van der Waals surface area contributed by atoms with E-state index in [1.807, 2.05) is 40.6 Å². The molecule has 0 aliphatic carbocycles. The second-order valence-electron chi connectivity index (χ2n) is 6.18. The van der Waals surface area contributed by atoms with E-state index in [1.54, 1.807) is 0 Å². The van der Waals surface area contributed by atoms with E-state index in [9.17, 15) is 4.79 Å². The average molecular weight is 308 g/mol. The molecule has 3 aromatic heterocycles. The highest BCUT2D eigenvalue weighted by atomic mass is 16.2. The molecule has 0 spiro atoms. The maximum Gasteiger partial charge on any atom is 0.274 e. The summed E-state index contributed by atoms with van der Waals surface area (Å²) in [5.74, 6) is 0.0408. The lowest BCUT2D eigenvalue weighted by Gasteiger charge is -2.32. The summed E-state index contributed by atoms with van der Waals surface area (Å²) in [7, 11) is 0. The monoisotopic (exact) mass is 308 g/mol. The number of imidazole rings is 1. The molecule has 1 amide bonds. The van der Waals surface area contributed by atoms with Crippen LogP contribution in [0.2, 0.25) is 0 Å². The third-order valence-corrected chi connectivity index (χ3v) is 4.72. The standard InChI is InChI=1S/C18H20N4O/c1-14-5-4-6-17-19-16(13-22(14)17)18(23)21-11-7-15(8-12-21)20-9-2-3-10-20/h2-6,9-10,13,15H,7-8,11-12H2,1H3. The van der Waals surface area contributed by atoms with E-state index in [2.05, 4.69) is 34.1 Å². The smallest absolute Gasteiger partial charge is 0.274 e. The quantitative estimate of drug-likeness (QED) is 0.730. The molecule has 0 aromatic carbocycles. The van der Waals surface area contributed by atoms with E-state index >= 15 is 0 Å². The van der Waals surface area contributed by atoms with E-state index < -0.39 is 0 Å². The van der Waals surface area contributed by atoms with Crippen molar-refractivity contribution >= 4 is 11.6 Å². The maximum absolute atomic E-state index is 12.7. The van der Waals surface area contributed by atoms with Crippen LogP contribution in [0.4, 0.5) is 0 Å². The van der Waals surface area contributed by atoms with Crippen molar-refractivity contribution in [3.05, 3.63) is 60.3 Å². The van der Waals surface area contributed by atoms with Crippen LogP contribution in [-0.2, 0) is 0 Å². The molecule has 0 atom stereocenters. The SMILES string of the molecule is Cc1cccc2nc(C(=O)N3CCC(n4cccc4)CC3)cn12. The third kappa shape index (κ3) is 2.52. The number of nitrogens with zero attached hydrogens (tertiary/aromatic N) is 4. The number of hydrogen-bond donors (Lipinski definition) is 0. The minimum absolute atomic E-state index is 0.0408. The fourth-order valence-corrected chi connectivity index (χ4v) is 3.37. The van der Waals surface area contributed by atoms with Gasteiger partial charge in [-0.2, -0.15) is 0 Å². The molecule has 0 radical (unpaired) electrons. The molecule has 1 saturated heterocycles. The van der Waals surface area contributed by atoms with Gasteiger partial charge >= 0.3 is 0 Å². The Hall–Kier alpha value is -2.56. The number of fused-ring (bicyclic) bond motifs is 1. The van der Waals surface area contributed by atoms with Gasteiger partial charge in [0.2, 0.25) is 0 Å². The van der Waals surface area contributed by atoms with Gasteiger partial charge in [0.1, 0.15) is 11.3 Å². The van der Waals surface area contributed by atoms with Crippen LogP contribution in [0.5, 0.6) is 0 Å². The minimum Gasteiger partial charge on any atom is -0.351 e. The van der Waals surface area contributed by atoms with Crippen molar-refractivity contribution in [1.29, 1.82) is 0 Å². The molecule has 3 aromatic rings. The highest BCUT2D eigenvalue weighted by Gasteiger charge is 2.25. The summed E-state index contributed by atoms with van der Waals surface area (Å²) in [5, 5.41) is 0. The van der Waals surface area contributed by atoms with Crippen LogP contribution in [-0.4, -0.2) is 37.8 Å². The summed E-state index contributed by atoms with van der Waals surface area (Å²) in [6.07, 6.45) is 8.05.